The lowest BCUT2D eigenvalue weighted by Gasteiger charge is -2.24. The van der Waals surface area contributed by atoms with Crippen LogP contribution in [0.3, 0.4) is 0 Å². The third-order valence-electron chi connectivity index (χ3n) is 4.71. The number of rotatable bonds is 9. The van der Waals surface area contributed by atoms with Crippen molar-refractivity contribution >= 4 is 27.5 Å². The minimum Gasteiger partial charge on any atom is -0.336 e. The minimum atomic E-state index is -3.63. The Hall–Kier alpha value is -1.11. The summed E-state index contributed by atoms with van der Waals surface area (Å²) in [4.78, 5) is 15.1. The van der Waals surface area contributed by atoms with Gasteiger partial charge in [0.05, 0.1) is 15.5 Å². The molecule has 0 saturated heterocycles. The highest BCUT2D eigenvalue weighted by molar-refractivity contribution is 7.89. The molecule has 146 valence electrons. The maximum Gasteiger partial charge on any atom is 0.255 e. The SMILES string of the molecule is CCN(CC)S(=O)(=O)c1ccc(Cl)c(C(=O)N(CCC(C)C)C2CC2)c1. The fraction of sp³-hybridized carbons (Fsp3) is 0.632. The lowest BCUT2D eigenvalue weighted by Crippen LogP contribution is -2.35. The monoisotopic (exact) mass is 400 g/mol. The van der Waals surface area contributed by atoms with Gasteiger partial charge < -0.3 is 4.90 Å². The molecular formula is C19H29ClN2O3S. The van der Waals surface area contributed by atoms with Gasteiger partial charge in [-0.15, -0.1) is 0 Å². The van der Waals surface area contributed by atoms with Crippen molar-refractivity contribution in [1.82, 2.24) is 9.21 Å². The minimum absolute atomic E-state index is 0.119. The van der Waals surface area contributed by atoms with Crippen molar-refractivity contribution in [2.75, 3.05) is 19.6 Å². The van der Waals surface area contributed by atoms with Crippen molar-refractivity contribution < 1.29 is 13.2 Å². The average Bonchev–Trinajstić information content (AvgIpc) is 3.40. The zero-order valence-corrected chi connectivity index (χ0v) is 17.6. The second kappa shape index (κ2) is 8.72. The van der Waals surface area contributed by atoms with Crippen molar-refractivity contribution in [3.05, 3.63) is 28.8 Å². The molecule has 5 nitrogen and oxygen atoms in total. The summed E-state index contributed by atoms with van der Waals surface area (Å²) in [6, 6.07) is 4.67. The molecular weight excluding hydrogens is 372 g/mol. The maximum absolute atomic E-state index is 13.1. The molecule has 1 aromatic carbocycles. The standard InChI is InChI=1S/C19H29ClN2O3S/c1-5-21(6-2)26(24,25)16-9-10-18(20)17(13-16)19(23)22(15-7-8-15)12-11-14(3)4/h9-10,13-15H,5-8,11-12H2,1-4H3. The van der Waals surface area contributed by atoms with E-state index in [9.17, 15) is 13.2 Å². The number of amides is 1. The Labute approximate surface area is 162 Å². The first-order valence-electron chi connectivity index (χ1n) is 9.33. The molecule has 0 radical (unpaired) electrons. The van der Waals surface area contributed by atoms with E-state index >= 15 is 0 Å². The highest BCUT2D eigenvalue weighted by atomic mass is 35.5. The van der Waals surface area contributed by atoms with Gasteiger partial charge in [-0.2, -0.15) is 4.31 Å². The first-order chi connectivity index (χ1) is 12.2. The van der Waals surface area contributed by atoms with Crippen LogP contribution in [0.4, 0.5) is 0 Å². The summed E-state index contributed by atoms with van der Waals surface area (Å²) in [5.74, 6) is 0.323. The number of benzene rings is 1. The predicted octanol–water partition coefficient (Wildman–Crippen LogP) is 4.02. The molecule has 0 N–H and O–H groups in total. The summed E-state index contributed by atoms with van der Waals surface area (Å²) in [7, 11) is -3.63. The third-order valence-corrected chi connectivity index (χ3v) is 7.08. The van der Waals surface area contributed by atoms with E-state index in [4.69, 9.17) is 11.6 Å². The van der Waals surface area contributed by atoms with Gasteiger partial charge in [-0.1, -0.05) is 39.3 Å². The van der Waals surface area contributed by atoms with Gasteiger partial charge in [0.2, 0.25) is 10.0 Å². The normalized spacial score (nSPS) is 14.9. The predicted molar refractivity (Wildman–Crippen MR) is 105 cm³/mol. The molecule has 1 aromatic rings. The summed E-state index contributed by atoms with van der Waals surface area (Å²) < 4.78 is 26.9. The van der Waals surface area contributed by atoms with E-state index in [0.717, 1.165) is 19.3 Å². The molecule has 2 rings (SSSR count). The summed E-state index contributed by atoms with van der Waals surface area (Å²) >= 11 is 6.26. The summed E-state index contributed by atoms with van der Waals surface area (Å²) in [6.07, 6.45) is 2.91. The van der Waals surface area contributed by atoms with E-state index in [1.165, 1.54) is 22.5 Å². The van der Waals surface area contributed by atoms with Gasteiger partial charge in [0.25, 0.3) is 5.91 Å². The molecule has 0 aliphatic heterocycles. The Morgan fingerprint density at radius 2 is 1.85 bits per heavy atom. The van der Waals surface area contributed by atoms with Crippen LogP contribution in [0.15, 0.2) is 23.1 Å². The van der Waals surface area contributed by atoms with Gasteiger partial charge >= 0.3 is 0 Å². The molecule has 1 amide bonds. The molecule has 0 bridgehead atoms. The van der Waals surface area contributed by atoms with Crippen LogP contribution in [0, 0.1) is 5.92 Å². The number of hydrogen-bond acceptors (Lipinski definition) is 3. The van der Waals surface area contributed by atoms with Crippen LogP contribution < -0.4 is 0 Å². The Bertz CT molecular complexity index is 741. The topological polar surface area (TPSA) is 57.7 Å². The van der Waals surface area contributed by atoms with Crippen LogP contribution in [-0.2, 0) is 10.0 Å². The van der Waals surface area contributed by atoms with Crippen molar-refractivity contribution in [2.45, 2.75) is 57.9 Å². The van der Waals surface area contributed by atoms with E-state index in [1.54, 1.807) is 13.8 Å². The van der Waals surface area contributed by atoms with Crippen LogP contribution in [-0.4, -0.2) is 49.2 Å². The lowest BCUT2D eigenvalue weighted by atomic mass is 10.1. The fourth-order valence-electron chi connectivity index (χ4n) is 2.93. The number of nitrogens with zero attached hydrogens (tertiary/aromatic N) is 2. The second-order valence-electron chi connectivity index (χ2n) is 7.14. The summed E-state index contributed by atoms with van der Waals surface area (Å²) in [5.41, 5.74) is 0.274. The van der Waals surface area contributed by atoms with Crippen LogP contribution in [0.25, 0.3) is 0 Å². The van der Waals surface area contributed by atoms with Gasteiger partial charge in [-0.25, -0.2) is 8.42 Å². The highest BCUT2D eigenvalue weighted by Gasteiger charge is 2.34. The second-order valence-corrected chi connectivity index (χ2v) is 9.49. The zero-order valence-electron chi connectivity index (χ0n) is 16.0. The molecule has 26 heavy (non-hydrogen) atoms. The van der Waals surface area contributed by atoms with Gasteiger partial charge in [0.15, 0.2) is 0 Å². The number of halogens is 1. The number of hydrogen-bond donors (Lipinski definition) is 0. The van der Waals surface area contributed by atoms with Gasteiger partial charge in [0.1, 0.15) is 0 Å². The summed E-state index contributed by atoms with van der Waals surface area (Å²) in [5, 5.41) is 0.295. The zero-order chi connectivity index (χ0) is 19.5. The Morgan fingerprint density at radius 1 is 1.23 bits per heavy atom. The number of sulfonamides is 1. The molecule has 1 fully saturated rings. The first kappa shape index (κ1) is 21.2. The Morgan fingerprint density at radius 3 is 2.35 bits per heavy atom. The van der Waals surface area contributed by atoms with Crippen LogP contribution in [0.2, 0.25) is 5.02 Å². The molecule has 1 aliphatic carbocycles. The van der Waals surface area contributed by atoms with E-state index in [2.05, 4.69) is 13.8 Å². The van der Waals surface area contributed by atoms with Gasteiger partial charge in [-0.05, 0) is 43.4 Å². The molecule has 1 aliphatic rings. The average molecular weight is 401 g/mol. The maximum atomic E-state index is 13.1. The largest absolute Gasteiger partial charge is 0.336 e. The third kappa shape index (κ3) is 4.78. The van der Waals surface area contributed by atoms with E-state index < -0.39 is 10.0 Å². The van der Waals surface area contributed by atoms with Gasteiger partial charge in [0, 0.05) is 25.7 Å². The Kier molecular flexibility index (Phi) is 7.11. The van der Waals surface area contributed by atoms with Gasteiger partial charge in [-0.3, -0.25) is 4.79 Å². The molecule has 0 unspecified atom stereocenters. The highest BCUT2D eigenvalue weighted by Crippen LogP contribution is 2.31. The van der Waals surface area contributed by atoms with Crippen molar-refractivity contribution in [1.29, 1.82) is 0 Å². The van der Waals surface area contributed by atoms with Crippen molar-refractivity contribution in [3.8, 4) is 0 Å². The van der Waals surface area contributed by atoms with Crippen molar-refractivity contribution in [2.24, 2.45) is 5.92 Å². The molecule has 0 aromatic heterocycles. The van der Waals surface area contributed by atoms with E-state index in [0.29, 0.717) is 30.6 Å². The first-order valence-corrected chi connectivity index (χ1v) is 11.1. The number of carbonyl (C=O) groups is 1. The summed E-state index contributed by atoms with van der Waals surface area (Å²) in [6.45, 7) is 9.28. The molecule has 7 heteroatoms. The lowest BCUT2D eigenvalue weighted by molar-refractivity contribution is 0.0735. The van der Waals surface area contributed by atoms with E-state index in [1.807, 2.05) is 4.90 Å². The smallest absolute Gasteiger partial charge is 0.255 e. The van der Waals surface area contributed by atoms with Crippen LogP contribution >= 0.6 is 11.6 Å². The number of carbonyl (C=O) groups excluding carboxylic acids is 1. The molecule has 0 atom stereocenters. The fourth-order valence-corrected chi connectivity index (χ4v) is 4.61. The molecule has 0 heterocycles. The quantitative estimate of drug-likeness (QED) is 0.629. The Balaban J connectivity index is 2.35. The van der Waals surface area contributed by atoms with E-state index in [-0.39, 0.29) is 22.4 Å². The molecule has 0 spiro atoms. The van der Waals surface area contributed by atoms with Crippen LogP contribution in [0.1, 0.15) is 57.3 Å². The molecule has 1 saturated carbocycles. The van der Waals surface area contributed by atoms with Crippen molar-refractivity contribution in [3.63, 3.8) is 0 Å². The van der Waals surface area contributed by atoms with Crippen LogP contribution in [0.5, 0.6) is 0 Å².